The number of nitrogens with zero attached hydrogens (tertiary/aromatic N) is 3. The molecule has 15 heavy (non-hydrogen) atoms. The van der Waals surface area contributed by atoms with Crippen molar-refractivity contribution in [1.82, 2.24) is 14.2 Å². The third-order valence-electron chi connectivity index (χ3n) is 1.96. The normalized spacial score (nSPS) is 10.2. The van der Waals surface area contributed by atoms with Crippen molar-refractivity contribution in [2.75, 3.05) is 0 Å². The predicted molar refractivity (Wildman–Crippen MR) is 58.4 cm³/mol. The highest BCUT2D eigenvalue weighted by molar-refractivity contribution is 7.78. The van der Waals surface area contributed by atoms with Gasteiger partial charge < -0.3 is 5.73 Å². The van der Waals surface area contributed by atoms with E-state index in [0.717, 1.165) is 5.56 Å². The zero-order valence-electron chi connectivity index (χ0n) is 7.66. The van der Waals surface area contributed by atoms with Gasteiger partial charge in [0, 0.05) is 11.1 Å². The fraction of sp³-hybridized carbons (Fsp3) is 0. The van der Waals surface area contributed by atoms with Crippen LogP contribution in [0.4, 0.5) is 0 Å². The highest BCUT2D eigenvalue weighted by Gasteiger charge is 2.05. The second kappa shape index (κ2) is 3.74. The summed E-state index contributed by atoms with van der Waals surface area (Å²) in [7, 11) is 0. The second-order valence-corrected chi connectivity index (χ2v) is 3.29. The molecule has 1 heterocycles. The van der Waals surface area contributed by atoms with E-state index in [1.54, 1.807) is 24.3 Å². The van der Waals surface area contributed by atoms with Gasteiger partial charge in [-0.15, -0.1) is 5.10 Å². The number of rotatable bonds is 2. The lowest BCUT2D eigenvalue weighted by Gasteiger charge is -2.00. The number of nitrogens with two attached hydrogens (primary N) is 1. The summed E-state index contributed by atoms with van der Waals surface area (Å²) < 4.78 is 1.36. The van der Waals surface area contributed by atoms with E-state index in [-0.39, 0.29) is 0 Å². The monoisotopic (exact) mass is 220 g/mol. The number of thiol groups is 1. The molecule has 0 saturated carbocycles. The average molecular weight is 220 g/mol. The van der Waals surface area contributed by atoms with Crippen molar-refractivity contribution in [2.24, 2.45) is 5.73 Å². The quantitative estimate of drug-likeness (QED) is 0.733. The molecule has 2 rings (SSSR count). The van der Waals surface area contributed by atoms with Crippen molar-refractivity contribution in [3.8, 4) is 11.4 Å². The van der Waals surface area contributed by atoms with Gasteiger partial charge in [0.1, 0.15) is 6.33 Å². The van der Waals surface area contributed by atoms with Crippen molar-refractivity contribution in [3.63, 3.8) is 0 Å². The summed E-state index contributed by atoms with van der Waals surface area (Å²) in [6, 6.07) is 6.77. The van der Waals surface area contributed by atoms with E-state index >= 15 is 0 Å². The molecule has 1 amide bonds. The SMILES string of the molecule is NC(=O)c1ccc(-c2ncnn2S)cc1. The predicted octanol–water partition coefficient (Wildman–Crippen LogP) is 0.737. The first-order valence-electron chi connectivity index (χ1n) is 4.18. The van der Waals surface area contributed by atoms with E-state index in [4.69, 9.17) is 5.73 Å². The highest BCUT2D eigenvalue weighted by atomic mass is 32.1. The van der Waals surface area contributed by atoms with Crippen molar-refractivity contribution >= 4 is 18.7 Å². The van der Waals surface area contributed by atoms with Crippen LogP contribution in [0.25, 0.3) is 11.4 Å². The van der Waals surface area contributed by atoms with Gasteiger partial charge >= 0.3 is 0 Å². The molecule has 2 N–H and O–H groups in total. The molecule has 2 aromatic rings. The van der Waals surface area contributed by atoms with Crippen LogP contribution in [0.15, 0.2) is 30.6 Å². The van der Waals surface area contributed by atoms with Gasteiger partial charge in [-0.25, -0.2) is 4.98 Å². The Bertz CT molecular complexity index is 491. The van der Waals surface area contributed by atoms with Crippen LogP contribution >= 0.6 is 12.8 Å². The molecule has 76 valence electrons. The highest BCUT2D eigenvalue weighted by Crippen LogP contribution is 2.17. The molecule has 1 aromatic heterocycles. The number of carbonyl (C=O) groups is 1. The van der Waals surface area contributed by atoms with E-state index in [9.17, 15) is 4.79 Å². The van der Waals surface area contributed by atoms with Crippen LogP contribution in [0.3, 0.4) is 0 Å². The standard InChI is InChI=1S/C9H8N4OS/c10-8(14)6-1-3-7(4-2-6)9-11-5-12-13(9)15/h1-5,15H,(H2,10,14). The number of carbonyl (C=O) groups excluding carboxylic acids is 1. The summed E-state index contributed by atoms with van der Waals surface area (Å²) in [5, 5.41) is 3.83. The van der Waals surface area contributed by atoms with Crippen LogP contribution in [-0.2, 0) is 0 Å². The van der Waals surface area contributed by atoms with Crippen molar-refractivity contribution < 1.29 is 4.79 Å². The van der Waals surface area contributed by atoms with E-state index in [1.807, 2.05) is 0 Å². The van der Waals surface area contributed by atoms with Gasteiger partial charge in [-0.05, 0) is 24.9 Å². The number of benzene rings is 1. The van der Waals surface area contributed by atoms with Gasteiger partial charge in [0.05, 0.1) is 0 Å². The summed E-state index contributed by atoms with van der Waals surface area (Å²) in [4.78, 5) is 14.9. The van der Waals surface area contributed by atoms with E-state index in [0.29, 0.717) is 11.4 Å². The number of amides is 1. The van der Waals surface area contributed by atoms with Crippen LogP contribution in [0.2, 0.25) is 0 Å². The third-order valence-corrected chi connectivity index (χ3v) is 2.25. The maximum Gasteiger partial charge on any atom is 0.248 e. The maximum atomic E-state index is 10.8. The molecule has 0 unspecified atom stereocenters. The topological polar surface area (TPSA) is 73.8 Å². The van der Waals surface area contributed by atoms with Crippen LogP contribution in [0, 0.1) is 0 Å². The van der Waals surface area contributed by atoms with Crippen molar-refractivity contribution in [1.29, 1.82) is 0 Å². The van der Waals surface area contributed by atoms with Gasteiger partial charge in [-0.3, -0.25) is 4.79 Å². The Morgan fingerprint density at radius 3 is 2.47 bits per heavy atom. The Morgan fingerprint density at radius 2 is 2.00 bits per heavy atom. The van der Waals surface area contributed by atoms with Gasteiger partial charge in [0.25, 0.3) is 0 Å². The van der Waals surface area contributed by atoms with Crippen LogP contribution < -0.4 is 5.73 Å². The number of hydrogen-bond donors (Lipinski definition) is 2. The van der Waals surface area contributed by atoms with E-state index in [1.165, 1.54) is 10.4 Å². The lowest BCUT2D eigenvalue weighted by Crippen LogP contribution is -2.10. The Kier molecular flexibility index (Phi) is 2.42. The number of primary amides is 1. The van der Waals surface area contributed by atoms with E-state index in [2.05, 4.69) is 22.9 Å². The third kappa shape index (κ3) is 1.84. The first-order chi connectivity index (χ1) is 7.18. The Labute approximate surface area is 91.5 Å². The summed E-state index contributed by atoms with van der Waals surface area (Å²) in [5.74, 6) is 0.170. The molecule has 0 saturated heterocycles. The van der Waals surface area contributed by atoms with Gasteiger partial charge in [-0.1, -0.05) is 12.1 Å². The van der Waals surface area contributed by atoms with Gasteiger partial charge in [0.15, 0.2) is 5.82 Å². The van der Waals surface area contributed by atoms with Crippen molar-refractivity contribution in [2.45, 2.75) is 0 Å². The zero-order valence-corrected chi connectivity index (χ0v) is 8.56. The molecule has 0 bridgehead atoms. The lowest BCUT2D eigenvalue weighted by atomic mass is 10.1. The Hall–Kier alpha value is -1.82. The summed E-state index contributed by atoms with van der Waals surface area (Å²) >= 11 is 4.08. The molecule has 0 spiro atoms. The molecular formula is C9H8N4OS. The molecule has 1 aromatic carbocycles. The molecule has 5 nitrogen and oxygen atoms in total. The molecule has 6 heteroatoms. The molecule has 0 aliphatic heterocycles. The molecule has 0 radical (unpaired) electrons. The minimum atomic E-state index is -0.450. The fourth-order valence-electron chi connectivity index (χ4n) is 1.21. The largest absolute Gasteiger partial charge is 0.366 e. The van der Waals surface area contributed by atoms with Gasteiger partial charge in [0.2, 0.25) is 5.91 Å². The molecule has 0 fully saturated rings. The number of hydrogen-bond acceptors (Lipinski definition) is 4. The van der Waals surface area contributed by atoms with Gasteiger partial charge in [-0.2, -0.15) is 4.09 Å². The van der Waals surface area contributed by atoms with Crippen LogP contribution in [-0.4, -0.2) is 20.1 Å². The summed E-state index contributed by atoms with van der Waals surface area (Å²) in [6.07, 6.45) is 1.41. The maximum absolute atomic E-state index is 10.8. The minimum absolute atomic E-state index is 0.450. The Balaban J connectivity index is 2.40. The number of aromatic nitrogens is 3. The summed E-state index contributed by atoms with van der Waals surface area (Å²) in [5.41, 5.74) is 6.41. The lowest BCUT2D eigenvalue weighted by molar-refractivity contribution is 0.100. The molecule has 0 atom stereocenters. The molecule has 0 aliphatic rings. The smallest absolute Gasteiger partial charge is 0.248 e. The average Bonchev–Trinajstić information content (AvgIpc) is 2.65. The van der Waals surface area contributed by atoms with Crippen LogP contribution in [0.5, 0.6) is 0 Å². The first-order valence-corrected chi connectivity index (χ1v) is 4.58. The van der Waals surface area contributed by atoms with E-state index < -0.39 is 5.91 Å². The molecular weight excluding hydrogens is 212 g/mol. The Morgan fingerprint density at radius 1 is 1.33 bits per heavy atom. The zero-order chi connectivity index (χ0) is 10.8. The van der Waals surface area contributed by atoms with Crippen LogP contribution in [0.1, 0.15) is 10.4 Å². The minimum Gasteiger partial charge on any atom is -0.366 e. The summed E-state index contributed by atoms with van der Waals surface area (Å²) in [6.45, 7) is 0. The second-order valence-electron chi connectivity index (χ2n) is 2.91. The first kappa shape index (κ1) is 9.72. The van der Waals surface area contributed by atoms with Crippen molar-refractivity contribution in [3.05, 3.63) is 36.2 Å². The molecule has 0 aliphatic carbocycles. The fourth-order valence-corrected chi connectivity index (χ4v) is 1.42.